The Morgan fingerprint density at radius 2 is 2.00 bits per heavy atom. The summed E-state index contributed by atoms with van der Waals surface area (Å²) < 4.78 is 0. The first-order valence-corrected chi connectivity index (χ1v) is 8.47. The van der Waals surface area contributed by atoms with E-state index in [1.807, 2.05) is 19.9 Å². The molecule has 1 saturated heterocycles. The number of likely N-dealkylation sites (tertiary alicyclic amines) is 1. The van der Waals surface area contributed by atoms with Crippen LogP contribution >= 0.6 is 0 Å². The van der Waals surface area contributed by atoms with E-state index in [9.17, 15) is 4.79 Å². The molecule has 2 aromatic rings. The number of nitrogens with one attached hydrogen (secondary N) is 2. The summed E-state index contributed by atoms with van der Waals surface area (Å²) >= 11 is 0. The Balaban J connectivity index is 1.78. The van der Waals surface area contributed by atoms with E-state index in [0.29, 0.717) is 0 Å². The topological polar surface area (TPSA) is 48.1 Å². The Morgan fingerprint density at radius 1 is 1.22 bits per heavy atom. The maximum absolute atomic E-state index is 11.8. The minimum Gasteiger partial charge on any atom is -0.354 e. The van der Waals surface area contributed by atoms with Gasteiger partial charge < -0.3 is 10.3 Å². The van der Waals surface area contributed by atoms with E-state index >= 15 is 0 Å². The minimum atomic E-state index is 0.0123. The highest BCUT2D eigenvalue weighted by molar-refractivity contribution is 5.62. The van der Waals surface area contributed by atoms with E-state index < -0.39 is 0 Å². The first-order valence-electron chi connectivity index (χ1n) is 8.47. The summed E-state index contributed by atoms with van der Waals surface area (Å²) in [5.41, 5.74) is 5.06. The van der Waals surface area contributed by atoms with Gasteiger partial charge in [0.2, 0.25) is 0 Å². The highest BCUT2D eigenvalue weighted by Crippen LogP contribution is 2.21. The normalized spacial score (nSPS) is 15.0. The molecule has 3 rings (SSSR count). The maximum Gasteiger partial charge on any atom is 0.251 e. The molecule has 2 N–H and O–H groups in total. The SMILES string of the molecule is CCc1cc(Nc2cccc(CN3CCCC3)c2)c(C)[nH]c1=O. The molecular formula is C19H25N3O. The summed E-state index contributed by atoms with van der Waals surface area (Å²) in [6.45, 7) is 7.35. The van der Waals surface area contributed by atoms with E-state index in [1.54, 1.807) is 0 Å². The summed E-state index contributed by atoms with van der Waals surface area (Å²) in [7, 11) is 0. The van der Waals surface area contributed by atoms with Crippen LogP contribution in [-0.2, 0) is 13.0 Å². The molecule has 0 spiro atoms. The summed E-state index contributed by atoms with van der Waals surface area (Å²) in [5, 5.41) is 3.45. The molecular weight excluding hydrogens is 286 g/mol. The lowest BCUT2D eigenvalue weighted by atomic mass is 10.1. The Kier molecular flexibility index (Phi) is 4.82. The number of aromatic nitrogens is 1. The third-order valence-corrected chi connectivity index (χ3v) is 4.51. The average molecular weight is 311 g/mol. The van der Waals surface area contributed by atoms with Gasteiger partial charge in [0.05, 0.1) is 5.69 Å². The van der Waals surface area contributed by atoms with Gasteiger partial charge in [-0.1, -0.05) is 19.1 Å². The average Bonchev–Trinajstić information content (AvgIpc) is 3.03. The van der Waals surface area contributed by atoms with Crippen LogP contribution in [0, 0.1) is 6.92 Å². The molecule has 1 aromatic carbocycles. The van der Waals surface area contributed by atoms with Crippen LogP contribution in [0.4, 0.5) is 11.4 Å². The number of pyridine rings is 1. The van der Waals surface area contributed by atoms with E-state index in [4.69, 9.17) is 0 Å². The van der Waals surface area contributed by atoms with Crippen molar-refractivity contribution in [2.45, 2.75) is 39.7 Å². The van der Waals surface area contributed by atoms with Crippen molar-refractivity contribution in [3.05, 3.63) is 57.5 Å². The minimum absolute atomic E-state index is 0.0123. The zero-order chi connectivity index (χ0) is 16.2. The zero-order valence-electron chi connectivity index (χ0n) is 14.0. The van der Waals surface area contributed by atoms with Gasteiger partial charge in [0, 0.05) is 23.5 Å². The molecule has 4 heteroatoms. The molecule has 1 aliphatic heterocycles. The van der Waals surface area contributed by atoms with E-state index in [-0.39, 0.29) is 5.56 Å². The Bertz CT molecular complexity index is 730. The maximum atomic E-state index is 11.8. The highest BCUT2D eigenvalue weighted by atomic mass is 16.1. The monoisotopic (exact) mass is 311 g/mol. The van der Waals surface area contributed by atoms with Crippen LogP contribution in [0.2, 0.25) is 0 Å². The van der Waals surface area contributed by atoms with Gasteiger partial charge in [0.25, 0.3) is 5.56 Å². The van der Waals surface area contributed by atoms with Gasteiger partial charge in [-0.2, -0.15) is 0 Å². The zero-order valence-corrected chi connectivity index (χ0v) is 14.0. The molecule has 0 saturated carbocycles. The standard InChI is InChI=1S/C19H25N3O/c1-3-16-12-18(14(2)20-19(16)23)21-17-8-6-7-15(11-17)13-22-9-4-5-10-22/h6-8,11-12,21H,3-5,9-10,13H2,1-2H3,(H,20,23). The molecule has 1 aromatic heterocycles. The summed E-state index contributed by atoms with van der Waals surface area (Å²) in [6.07, 6.45) is 3.36. The molecule has 0 aliphatic carbocycles. The number of aromatic amines is 1. The van der Waals surface area contributed by atoms with Crippen LogP contribution in [-0.4, -0.2) is 23.0 Å². The quantitative estimate of drug-likeness (QED) is 0.887. The van der Waals surface area contributed by atoms with Gasteiger partial charge in [-0.3, -0.25) is 9.69 Å². The number of aryl methyl sites for hydroxylation is 2. The Hall–Kier alpha value is -2.07. The molecule has 0 unspecified atom stereocenters. The highest BCUT2D eigenvalue weighted by Gasteiger charge is 2.12. The second kappa shape index (κ2) is 7.01. The summed E-state index contributed by atoms with van der Waals surface area (Å²) in [6, 6.07) is 10.5. The van der Waals surface area contributed by atoms with Crippen molar-refractivity contribution in [3.8, 4) is 0 Å². The van der Waals surface area contributed by atoms with Crippen LogP contribution in [0.3, 0.4) is 0 Å². The molecule has 0 atom stereocenters. The third-order valence-electron chi connectivity index (χ3n) is 4.51. The van der Waals surface area contributed by atoms with Crippen molar-refractivity contribution in [1.29, 1.82) is 0 Å². The van der Waals surface area contributed by atoms with Crippen molar-refractivity contribution in [2.75, 3.05) is 18.4 Å². The number of hydrogen-bond acceptors (Lipinski definition) is 3. The number of H-pyrrole nitrogens is 1. The summed E-state index contributed by atoms with van der Waals surface area (Å²) in [5.74, 6) is 0. The fourth-order valence-corrected chi connectivity index (χ4v) is 3.16. The fourth-order valence-electron chi connectivity index (χ4n) is 3.16. The second-order valence-corrected chi connectivity index (χ2v) is 6.32. The molecule has 2 heterocycles. The first kappa shape index (κ1) is 15.8. The molecule has 23 heavy (non-hydrogen) atoms. The van der Waals surface area contributed by atoms with E-state index in [2.05, 4.69) is 39.5 Å². The molecule has 0 bridgehead atoms. The van der Waals surface area contributed by atoms with Gasteiger partial charge in [-0.15, -0.1) is 0 Å². The lowest BCUT2D eigenvalue weighted by molar-refractivity contribution is 0.331. The van der Waals surface area contributed by atoms with E-state index in [0.717, 1.165) is 35.6 Å². The van der Waals surface area contributed by atoms with Gasteiger partial charge in [0.15, 0.2) is 0 Å². The molecule has 0 amide bonds. The van der Waals surface area contributed by atoms with Crippen molar-refractivity contribution in [3.63, 3.8) is 0 Å². The molecule has 1 fully saturated rings. The van der Waals surface area contributed by atoms with Crippen molar-refractivity contribution in [1.82, 2.24) is 9.88 Å². The molecule has 122 valence electrons. The van der Waals surface area contributed by atoms with Crippen molar-refractivity contribution in [2.24, 2.45) is 0 Å². The van der Waals surface area contributed by atoms with Crippen LogP contribution in [0.15, 0.2) is 35.1 Å². The van der Waals surface area contributed by atoms with Crippen LogP contribution in [0.25, 0.3) is 0 Å². The largest absolute Gasteiger partial charge is 0.354 e. The number of nitrogens with zero attached hydrogens (tertiary/aromatic N) is 1. The number of rotatable bonds is 5. The van der Waals surface area contributed by atoms with Gasteiger partial charge >= 0.3 is 0 Å². The van der Waals surface area contributed by atoms with Gasteiger partial charge in [0.1, 0.15) is 0 Å². The number of anilines is 2. The smallest absolute Gasteiger partial charge is 0.251 e. The Labute approximate surface area is 137 Å². The summed E-state index contributed by atoms with van der Waals surface area (Å²) in [4.78, 5) is 17.3. The predicted octanol–water partition coefficient (Wildman–Crippen LogP) is 3.59. The predicted molar refractivity (Wildman–Crippen MR) is 95.4 cm³/mol. The first-order chi connectivity index (χ1) is 11.2. The van der Waals surface area contributed by atoms with Crippen molar-refractivity contribution >= 4 is 11.4 Å². The van der Waals surface area contributed by atoms with Gasteiger partial charge in [-0.25, -0.2) is 0 Å². The van der Waals surface area contributed by atoms with Crippen LogP contribution < -0.4 is 10.9 Å². The molecule has 1 aliphatic rings. The second-order valence-electron chi connectivity index (χ2n) is 6.32. The lowest BCUT2D eigenvalue weighted by Crippen LogP contribution is -2.18. The molecule has 0 radical (unpaired) electrons. The Morgan fingerprint density at radius 3 is 2.74 bits per heavy atom. The number of hydrogen-bond donors (Lipinski definition) is 2. The molecule has 4 nitrogen and oxygen atoms in total. The lowest BCUT2D eigenvalue weighted by Gasteiger charge is -2.16. The fraction of sp³-hybridized carbons (Fsp3) is 0.421. The van der Waals surface area contributed by atoms with Crippen molar-refractivity contribution < 1.29 is 0 Å². The number of benzene rings is 1. The van der Waals surface area contributed by atoms with Gasteiger partial charge in [-0.05, 0) is 63.0 Å². The van der Waals surface area contributed by atoms with Crippen LogP contribution in [0.1, 0.15) is 36.6 Å². The van der Waals surface area contributed by atoms with E-state index in [1.165, 1.54) is 31.5 Å². The van der Waals surface area contributed by atoms with Crippen LogP contribution in [0.5, 0.6) is 0 Å². The third kappa shape index (κ3) is 3.82.